The van der Waals surface area contributed by atoms with E-state index in [1.807, 2.05) is 42.5 Å². The van der Waals surface area contributed by atoms with Crippen molar-refractivity contribution in [1.82, 2.24) is 0 Å². The average molecular weight is 1070 g/mol. The minimum Gasteiger partial charge on any atom is -0.282 e. The van der Waals surface area contributed by atoms with Crippen molar-refractivity contribution >= 4 is 30.4 Å². The second-order valence-electron chi connectivity index (χ2n) is 20.4. The summed E-state index contributed by atoms with van der Waals surface area (Å²) in [4.78, 5) is -0.458. The lowest BCUT2D eigenvalue weighted by Crippen LogP contribution is -2.15. The third-order valence-electron chi connectivity index (χ3n) is 15.7. The standard InChI is InChI=1S/C63H72O9S3/c1-5-46(50-19-13-9-14-20-50)40-58(55-29-35-62(36-30-55)74(67,68)69)43-57(39-45(4)49-17-11-8-12-18-49)53-23-25-54(26-24-53)59(42-48(7-3)52-27-33-61(34-28-52)73(64,65)66)44-60(41-47(6-2)51-21-15-10-16-22-51)56-31-37-63(38-32-56)75(70,71)72/h8-38,45-48,57-60H,5-7,39-44H2,1-4H3,(H,64,65,66)(H,67,68,69)(H,70,71,72). The molecule has 7 aromatic carbocycles. The Morgan fingerprint density at radius 3 is 0.733 bits per heavy atom. The van der Waals surface area contributed by atoms with Crippen LogP contribution in [0, 0.1) is 0 Å². The van der Waals surface area contributed by atoms with Gasteiger partial charge in [0.1, 0.15) is 0 Å². The maximum absolute atomic E-state index is 12.2. The summed E-state index contributed by atoms with van der Waals surface area (Å²) in [6.45, 7) is 8.80. The van der Waals surface area contributed by atoms with Gasteiger partial charge in [0, 0.05) is 0 Å². The molecule has 396 valence electrons. The Bertz CT molecular complexity index is 3210. The van der Waals surface area contributed by atoms with Crippen LogP contribution < -0.4 is 0 Å². The van der Waals surface area contributed by atoms with Crippen LogP contribution >= 0.6 is 0 Å². The second kappa shape index (κ2) is 25.9. The van der Waals surface area contributed by atoms with Crippen LogP contribution in [-0.4, -0.2) is 38.9 Å². The number of benzene rings is 7. The zero-order valence-electron chi connectivity index (χ0n) is 43.4. The van der Waals surface area contributed by atoms with Gasteiger partial charge in [0.05, 0.1) is 14.7 Å². The Balaban J connectivity index is 1.31. The van der Waals surface area contributed by atoms with E-state index in [9.17, 15) is 38.9 Å². The van der Waals surface area contributed by atoms with Crippen molar-refractivity contribution in [2.24, 2.45) is 0 Å². The molecule has 9 nitrogen and oxygen atoms in total. The van der Waals surface area contributed by atoms with E-state index in [1.54, 1.807) is 12.1 Å². The lowest BCUT2D eigenvalue weighted by molar-refractivity contribution is 0.417. The third-order valence-corrected chi connectivity index (χ3v) is 18.3. The van der Waals surface area contributed by atoms with Crippen LogP contribution in [0.25, 0.3) is 0 Å². The first kappa shape index (κ1) is 57.0. The van der Waals surface area contributed by atoms with Crippen molar-refractivity contribution in [2.45, 2.75) is 148 Å². The quantitative estimate of drug-likeness (QED) is 0.0448. The Hall–Kier alpha value is -5.73. The molecule has 0 amide bonds. The number of hydrogen-bond acceptors (Lipinski definition) is 6. The van der Waals surface area contributed by atoms with Crippen LogP contribution in [0.5, 0.6) is 0 Å². The first-order valence-electron chi connectivity index (χ1n) is 26.3. The first-order valence-corrected chi connectivity index (χ1v) is 30.6. The third kappa shape index (κ3) is 15.7. The molecule has 0 bridgehead atoms. The molecule has 75 heavy (non-hydrogen) atoms. The maximum atomic E-state index is 12.2. The smallest absolute Gasteiger partial charge is 0.282 e. The molecule has 0 saturated heterocycles. The Morgan fingerprint density at radius 2 is 0.480 bits per heavy atom. The molecule has 0 aliphatic carbocycles. The Labute approximate surface area is 446 Å². The van der Waals surface area contributed by atoms with Gasteiger partial charge in [-0.3, -0.25) is 13.7 Å². The minimum atomic E-state index is -4.41. The largest absolute Gasteiger partial charge is 0.294 e. The Morgan fingerprint density at radius 1 is 0.280 bits per heavy atom. The summed E-state index contributed by atoms with van der Waals surface area (Å²) >= 11 is 0. The molecule has 0 aromatic heterocycles. The topological polar surface area (TPSA) is 163 Å². The van der Waals surface area contributed by atoms with Gasteiger partial charge in [0.25, 0.3) is 30.4 Å². The van der Waals surface area contributed by atoms with Crippen molar-refractivity contribution in [3.8, 4) is 0 Å². The lowest BCUT2D eigenvalue weighted by atomic mass is 9.73. The van der Waals surface area contributed by atoms with E-state index < -0.39 is 30.4 Å². The summed E-state index contributed by atoms with van der Waals surface area (Å²) in [5.74, 6) is 0.755. The molecule has 0 fully saturated rings. The number of rotatable bonds is 26. The highest BCUT2D eigenvalue weighted by Crippen LogP contribution is 2.46. The van der Waals surface area contributed by atoms with Crippen molar-refractivity contribution < 1.29 is 38.9 Å². The molecule has 0 spiro atoms. The van der Waals surface area contributed by atoms with E-state index in [-0.39, 0.29) is 62.0 Å². The molecule has 0 aliphatic rings. The minimum absolute atomic E-state index is 0.0169. The normalized spacial score (nSPS) is 15.5. The van der Waals surface area contributed by atoms with Gasteiger partial charge in [0.2, 0.25) is 0 Å². The highest BCUT2D eigenvalue weighted by molar-refractivity contribution is 7.86. The predicted octanol–water partition coefficient (Wildman–Crippen LogP) is 15.9. The average Bonchev–Trinajstić information content (AvgIpc) is 3.41. The van der Waals surface area contributed by atoms with Gasteiger partial charge in [0.15, 0.2) is 0 Å². The fraction of sp³-hybridized carbons (Fsp3) is 0.333. The fourth-order valence-electron chi connectivity index (χ4n) is 11.4. The monoisotopic (exact) mass is 1070 g/mol. The van der Waals surface area contributed by atoms with Gasteiger partial charge in [-0.15, -0.1) is 0 Å². The van der Waals surface area contributed by atoms with E-state index in [0.717, 1.165) is 73.6 Å². The summed E-state index contributed by atoms with van der Waals surface area (Å²) < 4.78 is 103. The SMILES string of the molecule is CCC(CC(CC(CC(C)c1ccccc1)c1ccc(C(CC(CC)c2ccc(S(=O)(=O)O)cc2)CC(CC(CC)c2ccccc2)c2ccc(S(=O)(=O)O)cc2)cc1)c1ccc(S(=O)(=O)O)cc1)c1ccccc1. The van der Waals surface area contributed by atoms with Crippen LogP contribution in [0.4, 0.5) is 0 Å². The summed E-state index contributed by atoms with van der Waals surface area (Å²) in [7, 11) is -13.2. The molecule has 12 heteroatoms. The molecule has 0 saturated carbocycles. The first-order chi connectivity index (χ1) is 35.8. The molecule has 3 N–H and O–H groups in total. The van der Waals surface area contributed by atoms with E-state index in [0.29, 0.717) is 6.42 Å². The zero-order chi connectivity index (χ0) is 53.8. The van der Waals surface area contributed by atoms with Crippen LogP contribution in [0.15, 0.2) is 203 Å². The molecule has 8 atom stereocenters. The molecule has 0 aliphatic heterocycles. The molecule has 0 heterocycles. The zero-order valence-corrected chi connectivity index (χ0v) is 45.8. The van der Waals surface area contributed by atoms with E-state index >= 15 is 0 Å². The van der Waals surface area contributed by atoms with Crippen LogP contribution in [0.1, 0.15) is 177 Å². The van der Waals surface area contributed by atoms with Gasteiger partial charge in [-0.05, 0) is 186 Å². The molecule has 7 rings (SSSR count). The van der Waals surface area contributed by atoms with Gasteiger partial charge < -0.3 is 0 Å². The van der Waals surface area contributed by atoms with Gasteiger partial charge in [-0.2, -0.15) is 25.3 Å². The van der Waals surface area contributed by atoms with Crippen LogP contribution in [-0.2, 0) is 30.4 Å². The lowest BCUT2D eigenvalue weighted by Gasteiger charge is -2.31. The van der Waals surface area contributed by atoms with Crippen molar-refractivity contribution in [2.75, 3.05) is 0 Å². The Kier molecular flexibility index (Phi) is 19.7. The van der Waals surface area contributed by atoms with Crippen molar-refractivity contribution in [1.29, 1.82) is 0 Å². The second-order valence-corrected chi connectivity index (χ2v) is 24.7. The summed E-state index contributed by atoms with van der Waals surface area (Å²) in [5, 5.41) is 0. The number of hydrogen-bond donors (Lipinski definition) is 3. The summed E-state index contributed by atoms with van der Waals surface area (Å²) in [6.07, 6.45) is 7.26. The van der Waals surface area contributed by atoms with Gasteiger partial charge in [-0.1, -0.05) is 179 Å². The summed E-state index contributed by atoms with van der Waals surface area (Å²) in [6, 6.07) is 60.4. The van der Waals surface area contributed by atoms with Gasteiger partial charge in [-0.25, -0.2) is 0 Å². The molecular weight excluding hydrogens is 997 g/mol. The maximum Gasteiger partial charge on any atom is 0.294 e. The fourth-order valence-corrected chi connectivity index (χ4v) is 12.8. The van der Waals surface area contributed by atoms with E-state index in [4.69, 9.17) is 0 Å². The molecule has 7 aromatic rings. The van der Waals surface area contributed by atoms with Crippen LogP contribution in [0.3, 0.4) is 0 Å². The van der Waals surface area contributed by atoms with E-state index in [2.05, 4.69) is 125 Å². The van der Waals surface area contributed by atoms with E-state index in [1.165, 1.54) is 58.7 Å². The molecular formula is C63H72O9S3. The van der Waals surface area contributed by atoms with Crippen molar-refractivity contribution in [3.05, 3.63) is 233 Å². The molecule has 0 radical (unpaired) electrons. The highest BCUT2D eigenvalue weighted by Gasteiger charge is 2.30. The van der Waals surface area contributed by atoms with Crippen molar-refractivity contribution in [3.63, 3.8) is 0 Å². The predicted molar refractivity (Wildman–Crippen MR) is 301 cm³/mol. The van der Waals surface area contributed by atoms with Crippen LogP contribution in [0.2, 0.25) is 0 Å². The molecule has 8 unspecified atom stereocenters. The summed E-state index contributed by atoms with van der Waals surface area (Å²) in [5.41, 5.74) is 9.00. The van der Waals surface area contributed by atoms with Gasteiger partial charge >= 0.3 is 0 Å². The highest BCUT2D eigenvalue weighted by atomic mass is 32.2.